The van der Waals surface area contributed by atoms with Crippen LogP contribution in [0.25, 0.3) is 0 Å². The van der Waals surface area contributed by atoms with Crippen molar-refractivity contribution in [1.82, 2.24) is 10.2 Å². The molecule has 0 bridgehead atoms. The van der Waals surface area contributed by atoms with Crippen LogP contribution in [0.2, 0.25) is 0 Å². The molecule has 0 aromatic carbocycles. The van der Waals surface area contributed by atoms with Crippen LogP contribution >= 0.6 is 12.4 Å². The molecule has 0 aromatic rings. The maximum Gasteiger partial charge on any atom is 0.327 e. The highest BCUT2D eigenvalue weighted by Crippen LogP contribution is 1.92. The smallest absolute Gasteiger partial charge is 0.327 e. The summed E-state index contributed by atoms with van der Waals surface area (Å²) >= 11 is 0. The maximum absolute atomic E-state index is 11.0. The van der Waals surface area contributed by atoms with Crippen molar-refractivity contribution in [2.45, 2.75) is 6.92 Å². The number of piperazine rings is 1. The van der Waals surface area contributed by atoms with E-state index in [0.29, 0.717) is 0 Å². The Morgan fingerprint density at radius 1 is 1.36 bits per heavy atom. The third-order valence-electron chi connectivity index (χ3n) is 1.82. The average molecular weight is 223 g/mol. The lowest BCUT2D eigenvalue weighted by Gasteiger charge is -2.25. The van der Waals surface area contributed by atoms with Gasteiger partial charge in [0.05, 0.1) is 6.54 Å². The van der Waals surface area contributed by atoms with Crippen molar-refractivity contribution in [3.63, 3.8) is 0 Å². The Morgan fingerprint density at radius 3 is 2.43 bits per heavy atom. The van der Waals surface area contributed by atoms with Crippen LogP contribution < -0.4 is 5.32 Å². The van der Waals surface area contributed by atoms with E-state index in [9.17, 15) is 9.59 Å². The summed E-state index contributed by atoms with van der Waals surface area (Å²) in [6.45, 7) is 4.86. The van der Waals surface area contributed by atoms with E-state index in [1.807, 2.05) is 4.90 Å². The van der Waals surface area contributed by atoms with Gasteiger partial charge in [-0.15, -0.1) is 12.4 Å². The lowest BCUT2D eigenvalue weighted by atomic mass is 10.3. The average Bonchev–Trinajstić information content (AvgIpc) is 2.04. The van der Waals surface area contributed by atoms with Crippen LogP contribution in [0.15, 0.2) is 0 Å². The number of rotatable bonds is 2. The number of halogens is 1. The molecule has 1 fully saturated rings. The predicted molar refractivity (Wildman–Crippen MR) is 53.3 cm³/mol. The van der Waals surface area contributed by atoms with Gasteiger partial charge in [0, 0.05) is 33.1 Å². The van der Waals surface area contributed by atoms with Gasteiger partial charge >= 0.3 is 11.9 Å². The molecule has 0 aliphatic carbocycles. The minimum Gasteiger partial charge on any atom is -0.392 e. The molecule has 1 aliphatic heterocycles. The first-order valence-corrected chi connectivity index (χ1v) is 4.33. The van der Waals surface area contributed by atoms with E-state index in [2.05, 4.69) is 10.1 Å². The summed E-state index contributed by atoms with van der Waals surface area (Å²) in [4.78, 5) is 23.4. The highest BCUT2D eigenvalue weighted by Gasteiger charge is 2.15. The zero-order valence-electron chi connectivity index (χ0n) is 8.12. The zero-order chi connectivity index (χ0) is 9.68. The molecular weight excluding hydrogens is 208 g/mol. The molecule has 0 saturated carbocycles. The van der Waals surface area contributed by atoms with Crippen LogP contribution in [-0.2, 0) is 14.3 Å². The molecule has 6 heteroatoms. The molecule has 1 aliphatic rings. The quantitative estimate of drug-likeness (QED) is 0.500. The van der Waals surface area contributed by atoms with Crippen molar-refractivity contribution in [2.24, 2.45) is 0 Å². The van der Waals surface area contributed by atoms with E-state index in [1.54, 1.807) is 0 Å². The van der Waals surface area contributed by atoms with Crippen LogP contribution in [0, 0.1) is 0 Å². The molecule has 0 atom stereocenters. The second kappa shape index (κ2) is 6.75. The van der Waals surface area contributed by atoms with Gasteiger partial charge in [-0.1, -0.05) is 0 Å². The zero-order valence-corrected chi connectivity index (χ0v) is 8.93. The number of esters is 2. The Labute approximate surface area is 89.2 Å². The second-order valence-electron chi connectivity index (χ2n) is 2.99. The highest BCUT2D eigenvalue weighted by atomic mass is 35.5. The summed E-state index contributed by atoms with van der Waals surface area (Å²) in [5.74, 6) is -1.01. The van der Waals surface area contributed by atoms with Crippen LogP contribution in [0.3, 0.4) is 0 Å². The number of hydrogen-bond acceptors (Lipinski definition) is 5. The summed E-state index contributed by atoms with van der Waals surface area (Å²) in [5, 5.41) is 3.17. The molecule has 1 saturated heterocycles. The van der Waals surface area contributed by atoms with Gasteiger partial charge in [0.15, 0.2) is 0 Å². The van der Waals surface area contributed by atoms with E-state index in [4.69, 9.17) is 0 Å². The largest absolute Gasteiger partial charge is 0.392 e. The van der Waals surface area contributed by atoms with Crippen molar-refractivity contribution in [3.05, 3.63) is 0 Å². The minimum atomic E-state index is -0.542. The molecule has 5 nitrogen and oxygen atoms in total. The first kappa shape index (κ1) is 13.4. The second-order valence-corrected chi connectivity index (χ2v) is 2.99. The number of carbonyl (C=O) groups excluding carboxylic acids is 2. The van der Waals surface area contributed by atoms with E-state index < -0.39 is 11.9 Å². The topological polar surface area (TPSA) is 58.6 Å². The molecule has 0 amide bonds. The van der Waals surface area contributed by atoms with E-state index in [1.165, 1.54) is 6.92 Å². The van der Waals surface area contributed by atoms with Crippen molar-refractivity contribution in [2.75, 3.05) is 32.7 Å². The Morgan fingerprint density at radius 2 is 1.93 bits per heavy atom. The van der Waals surface area contributed by atoms with Crippen LogP contribution in [0.4, 0.5) is 0 Å². The number of nitrogens with zero attached hydrogens (tertiary/aromatic N) is 1. The normalized spacial score (nSPS) is 16.9. The first-order chi connectivity index (χ1) is 6.18. The summed E-state index contributed by atoms with van der Waals surface area (Å²) in [6, 6.07) is 0. The number of hydrogen-bond donors (Lipinski definition) is 1. The van der Waals surface area contributed by atoms with Crippen molar-refractivity contribution in [1.29, 1.82) is 0 Å². The molecule has 0 spiro atoms. The number of carbonyl (C=O) groups is 2. The van der Waals surface area contributed by atoms with Crippen molar-refractivity contribution < 1.29 is 14.3 Å². The van der Waals surface area contributed by atoms with Crippen LogP contribution in [-0.4, -0.2) is 49.6 Å². The molecule has 1 heterocycles. The SMILES string of the molecule is CC(=O)OC(=O)CN1CCNCC1.Cl. The Balaban J connectivity index is 0.00000169. The Kier molecular flexibility index (Phi) is 6.44. The molecule has 1 rings (SSSR count). The van der Waals surface area contributed by atoms with Gasteiger partial charge in [0.25, 0.3) is 0 Å². The van der Waals surface area contributed by atoms with Crippen LogP contribution in [0.1, 0.15) is 6.92 Å². The molecule has 0 unspecified atom stereocenters. The van der Waals surface area contributed by atoms with E-state index in [-0.39, 0.29) is 19.0 Å². The number of ether oxygens (including phenoxy) is 1. The third kappa shape index (κ3) is 5.16. The summed E-state index contributed by atoms with van der Waals surface area (Å²) in [6.07, 6.45) is 0. The molecule has 0 radical (unpaired) electrons. The van der Waals surface area contributed by atoms with Crippen LogP contribution in [0.5, 0.6) is 0 Å². The number of nitrogens with one attached hydrogen (secondary N) is 1. The van der Waals surface area contributed by atoms with Crippen molar-refractivity contribution in [3.8, 4) is 0 Å². The van der Waals surface area contributed by atoms with Crippen molar-refractivity contribution >= 4 is 24.3 Å². The van der Waals surface area contributed by atoms with Gasteiger partial charge < -0.3 is 10.1 Å². The van der Waals surface area contributed by atoms with E-state index >= 15 is 0 Å². The summed E-state index contributed by atoms with van der Waals surface area (Å²) < 4.78 is 4.41. The monoisotopic (exact) mass is 222 g/mol. The van der Waals surface area contributed by atoms with Gasteiger partial charge in [-0.2, -0.15) is 0 Å². The summed E-state index contributed by atoms with van der Waals surface area (Å²) in [7, 11) is 0. The van der Waals surface area contributed by atoms with Gasteiger partial charge in [-0.3, -0.25) is 14.5 Å². The third-order valence-corrected chi connectivity index (χ3v) is 1.82. The highest BCUT2D eigenvalue weighted by molar-refractivity contribution is 5.85. The first-order valence-electron chi connectivity index (χ1n) is 4.33. The molecule has 14 heavy (non-hydrogen) atoms. The molecule has 82 valence electrons. The minimum absolute atomic E-state index is 0. The molecule has 1 N–H and O–H groups in total. The maximum atomic E-state index is 11.0. The summed E-state index contributed by atoms with van der Waals surface area (Å²) in [5.41, 5.74) is 0. The lowest BCUT2D eigenvalue weighted by Crippen LogP contribution is -2.45. The predicted octanol–water partition coefficient (Wildman–Crippen LogP) is -0.597. The van der Waals surface area contributed by atoms with E-state index in [0.717, 1.165) is 26.2 Å². The molecule has 0 aromatic heterocycles. The van der Waals surface area contributed by atoms with Gasteiger partial charge in [-0.05, 0) is 0 Å². The molecular formula is C8H15ClN2O3. The van der Waals surface area contributed by atoms with Gasteiger partial charge in [0.2, 0.25) is 0 Å². The fraction of sp³-hybridized carbons (Fsp3) is 0.750. The van der Waals surface area contributed by atoms with Gasteiger partial charge in [0.1, 0.15) is 0 Å². The standard InChI is InChI=1S/C8H14N2O3.ClH/c1-7(11)13-8(12)6-10-4-2-9-3-5-10;/h9H,2-6H2,1H3;1H. The lowest BCUT2D eigenvalue weighted by molar-refractivity contribution is -0.158. The fourth-order valence-electron chi connectivity index (χ4n) is 1.24. The Hall–Kier alpha value is -0.650. The fourth-order valence-corrected chi connectivity index (χ4v) is 1.24. The Bertz CT molecular complexity index is 205. The van der Waals surface area contributed by atoms with Gasteiger partial charge in [-0.25, -0.2) is 0 Å².